The fourth-order valence-corrected chi connectivity index (χ4v) is 2.70. The van der Waals surface area contributed by atoms with Crippen molar-refractivity contribution in [2.45, 2.75) is 6.54 Å². The van der Waals surface area contributed by atoms with Crippen molar-refractivity contribution < 1.29 is 4.92 Å². The fourth-order valence-electron chi connectivity index (χ4n) is 2.70. The van der Waals surface area contributed by atoms with Crippen LogP contribution in [0.4, 0.5) is 11.4 Å². The van der Waals surface area contributed by atoms with Gasteiger partial charge in [-0.25, -0.2) is 0 Å². The van der Waals surface area contributed by atoms with E-state index in [-0.39, 0.29) is 10.6 Å². The van der Waals surface area contributed by atoms with Crippen molar-refractivity contribution in [3.63, 3.8) is 0 Å². The van der Waals surface area contributed by atoms with E-state index in [4.69, 9.17) is 0 Å². The predicted molar refractivity (Wildman–Crippen MR) is 89.2 cm³/mol. The van der Waals surface area contributed by atoms with E-state index in [0.717, 1.165) is 16.5 Å². The van der Waals surface area contributed by atoms with Gasteiger partial charge in [-0.1, -0.05) is 54.6 Å². The zero-order chi connectivity index (χ0) is 15.5. The van der Waals surface area contributed by atoms with Gasteiger partial charge in [0.05, 0.1) is 4.92 Å². The van der Waals surface area contributed by atoms with Crippen LogP contribution in [0.2, 0.25) is 0 Å². The molecule has 0 spiro atoms. The second-order valence-electron chi connectivity index (χ2n) is 5.24. The van der Waals surface area contributed by atoms with Gasteiger partial charge in [-0.3, -0.25) is 10.1 Å². The van der Waals surface area contributed by atoms with E-state index in [1.54, 1.807) is 18.2 Å². The highest BCUT2D eigenvalue weighted by atomic mass is 16.6. The molecular formula is C18H16N2O2. The fraction of sp³-hybridized carbons (Fsp3) is 0.111. The quantitative estimate of drug-likeness (QED) is 0.529. The molecular weight excluding hydrogens is 276 g/mol. The monoisotopic (exact) mass is 292 g/mol. The van der Waals surface area contributed by atoms with Crippen molar-refractivity contribution in [2.24, 2.45) is 0 Å². The third-order valence-corrected chi connectivity index (χ3v) is 3.77. The van der Waals surface area contributed by atoms with Crippen LogP contribution in [0, 0.1) is 10.1 Å². The van der Waals surface area contributed by atoms with Crippen LogP contribution in [-0.4, -0.2) is 12.0 Å². The third-order valence-electron chi connectivity index (χ3n) is 3.77. The topological polar surface area (TPSA) is 46.4 Å². The van der Waals surface area contributed by atoms with Crippen LogP contribution in [0.3, 0.4) is 0 Å². The van der Waals surface area contributed by atoms with E-state index in [1.807, 2.05) is 42.3 Å². The lowest BCUT2D eigenvalue weighted by Gasteiger charge is -2.21. The Hall–Kier alpha value is -2.88. The molecule has 0 N–H and O–H groups in total. The average Bonchev–Trinajstić information content (AvgIpc) is 2.54. The van der Waals surface area contributed by atoms with Gasteiger partial charge in [-0.05, 0) is 11.5 Å². The maximum atomic E-state index is 11.1. The minimum absolute atomic E-state index is 0.162. The summed E-state index contributed by atoms with van der Waals surface area (Å²) in [5.41, 5.74) is 1.94. The van der Waals surface area contributed by atoms with Crippen LogP contribution < -0.4 is 4.90 Å². The van der Waals surface area contributed by atoms with E-state index in [0.29, 0.717) is 12.1 Å². The smallest absolute Gasteiger partial charge is 0.274 e. The normalized spacial score (nSPS) is 10.6. The number of nitro benzene ring substituents is 1. The number of fused-ring (bicyclic) bond motifs is 1. The van der Waals surface area contributed by atoms with Gasteiger partial charge < -0.3 is 4.90 Å². The van der Waals surface area contributed by atoms with E-state index in [1.165, 1.54) is 0 Å². The summed E-state index contributed by atoms with van der Waals surface area (Å²) in [7, 11) is 1.96. The molecule has 0 aromatic heterocycles. The number of para-hydroxylation sites is 1. The number of benzene rings is 3. The molecule has 0 saturated heterocycles. The Morgan fingerprint density at radius 2 is 1.64 bits per heavy atom. The first kappa shape index (κ1) is 14.1. The highest BCUT2D eigenvalue weighted by Crippen LogP contribution is 2.28. The van der Waals surface area contributed by atoms with Gasteiger partial charge in [-0.2, -0.15) is 0 Å². The van der Waals surface area contributed by atoms with Crippen LogP contribution in [0.25, 0.3) is 10.8 Å². The molecule has 0 aliphatic carbocycles. The maximum absolute atomic E-state index is 11.1. The lowest BCUT2D eigenvalue weighted by Crippen LogP contribution is -2.17. The van der Waals surface area contributed by atoms with Gasteiger partial charge in [0, 0.05) is 36.3 Å². The molecule has 0 aliphatic heterocycles. The molecule has 4 heteroatoms. The second-order valence-corrected chi connectivity index (χ2v) is 5.24. The van der Waals surface area contributed by atoms with Crippen molar-refractivity contribution in [2.75, 3.05) is 11.9 Å². The Balaban J connectivity index is 1.98. The molecule has 110 valence electrons. The summed E-state index contributed by atoms with van der Waals surface area (Å²) in [5.74, 6) is 0. The van der Waals surface area contributed by atoms with Crippen molar-refractivity contribution in [3.8, 4) is 0 Å². The molecule has 4 nitrogen and oxygen atoms in total. The molecule has 0 heterocycles. The summed E-state index contributed by atoms with van der Waals surface area (Å²) in [6, 6.07) is 21.1. The molecule has 0 fully saturated rings. The van der Waals surface area contributed by atoms with Gasteiger partial charge in [0.2, 0.25) is 0 Å². The van der Waals surface area contributed by atoms with E-state index in [2.05, 4.69) is 18.2 Å². The van der Waals surface area contributed by atoms with Crippen molar-refractivity contribution in [1.29, 1.82) is 0 Å². The molecule has 0 radical (unpaired) electrons. The first-order chi connectivity index (χ1) is 10.7. The van der Waals surface area contributed by atoms with Crippen LogP contribution in [0.1, 0.15) is 5.56 Å². The zero-order valence-corrected chi connectivity index (χ0v) is 12.3. The molecule has 0 aliphatic rings. The first-order valence-electron chi connectivity index (χ1n) is 7.08. The number of rotatable bonds is 4. The summed E-state index contributed by atoms with van der Waals surface area (Å²) in [5, 5.41) is 13.4. The van der Waals surface area contributed by atoms with Crippen LogP contribution in [0.15, 0.2) is 66.7 Å². The van der Waals surface area contributed by atoms with Crippen LogP contribution in [-0.2, 0) is 6.54 Å². The van der Waals surface area contributed by atoms with Crippen molar-refractivity contribution in [1.82, 2.24) is 0 Å². The number of nitrogens with zero attached hydrogens (tertiary/aromatic N) is 2. The molecule has 0 bridgehead atoms. The Kier molecular flexibility index (Phi) is 3.74. The van der Waals surface area contributed by atoms with Gasteiger partial charge in [0.25, 0.3) is 5.69 Å². The summed E-state index contributed by atoms with van der Waals surface area (Å²) in [6.45, 7) is 0.491. The predicted octanol–water partition coefficient (Wildman–Crippen LogP) is 4.38. The molecule has 3 aromatic carbocycles. The largest absolute Gasteiger partial charge is 0.369 e. The third kappa shape index (κ3) is 2.63. The molecule has 0 atom stereocenters. The Labute approximate surface area is 128 Å². The van der Waals surface area contributed by atoms with Gasteiger partial charge >= 0.3 is 0 Å². The lowest BCUT2D eigenvalue weighted by atomic mass is 10.1. The molecule has 0 amide bonds. The number of hydrogen-bond donors (Lipinski definition) is 0. The minimum atomic E-state index is -0.327. The van der Waals surface area contributed by atoms with Gasteiger partial charge in [0.15, 0.2) is 0 Å². The van der Waals surface area contributed by atoms with Crippen molar-refractivity contribution in [3.05, 3.63) is 82.4 Å². The summed E-state index contributed by atoms with van der Waals surface area (Å²) >= 11 is 0. The Bertz CT molecular complexity index is 825. The first-order valence-corrected chi connectivity index (χ1v) is 7.08. The molecule has 0 saturated carbocycles. The standard InChI is InChI=1S/C18H16N2O2/c1-19(13-15-8-3-5-11-17(15)20(21)22)18-12-6-9-14-7-2-4-10-16(14)18/h2-12H,13H2,1H3. The van der Waals surface area contributed by atoms with Gasteiger partial charge in [-0.15, -0.1) is 0 Å². The maximum Gasteiger partial charge on any atom is 0.274 e. The van der Waals surface area contributed by atoms with E-state index in [9.17, 15) is 10.1 Å². The van der Waals surface area contributed by atoms with Crippen LogP contribution in [0.5, 0.6) is 0 Å². The summed E-state index contributed by atoms with van der Waals surface area (Å²) in [4.78, 5) is 12.9. The second kappa shape index (κ2) is 5.85. The summed E-state index contributed by atoms with van der Waals surface area (Å²) < 4.78 is 0. The number of nitro groups is 1. The number of hydrogen-bond acceptors (Lipinski definition) is 3. The van der Waals surface area contributed by atoms with E-state index < -0.39 is 0 Å². The number of anilines is 1. The lowest BCUT2D eigenvalue weighted by molar-refractivity contribution is -0.385. The van der Waals surface area contributed by atoms with Crippen molar-refractivity contribution >= 4 is 22.1 Å². The average molecular weight is 292 g/mol. The minimum Gasteiger partial charge on any atom is -0.369 e. The van der Waals surface area contributed by atoms with Crippen LogP contribution >= 0.6 is 0 Å². The molecule has 22 heavy (non-hydrogen) atoms. The molecule has 3 aromatic rings. The highest BCUT2D eigenvalue weighted by molar-refractivity contribution is 5.94. The Morgan fingerprint density at radius 1 is 0.955 bits per heavy atom. The Morgan fingerprint density at radius 3 is 2.45 bits per heavy atom. The SMILES string of the molecule is CN(Cc1ccccc1[N+](=O)[O-])c1cccc2ccccc12. The highest BCUT2D eigenvalue weighted by Gasteiger charge is 2.15. The summed E-state index contributed by atoms with van der Waals surface area (Å²) in [6.07, 6.45) is 0. The molecule has 3 rings (SSSR count). The molecule has 0 unspecified atom stereocenters. The van der Waals surface area contributed by atoms with E-state index >= 15 is 0 Å². The zero-order valence-electron chi connectivity index (χ0n) is 12.3. The van der Waals surface area contributed by atoms with Gasteiger partial charge in [0.1, 0.15) is 0 Å².